The van der Waals surface area contributed by atoms with E-state index in [-0.39, 0.29) is 5.75 Å². The van der Waals surface area contributed by atoms with Crippen molar-refractivity contribution in [3.8, 4) is 17.0 Å². The van der Waals surface area contributed by atoms with Crippen molar-refractivity contribution in [1.29, 1.82) is 0 Å². The Kier molecular flexibility index (Phi) is 8.04. The molecule has 5 heteroatoms. The number of unbranched alkanes of at least 4 members (excludes halogenated alkanes) is 1. The number of aromatic nitrogens is 3. The van der Waals surface area contributed by atoms with Crippen LogP contribution in [0.3, 0.4) is 0 Å². The summed E-state index contributed by atoms with van der Waals surface area (Å²) in [6.45, 7) is 0. The number of hydrogen-bond donors (Lipinski definition) is 1. The van der Waals surface area contributed by atoms with Crippen LogP contribution in [-0.4, -0.2) is 20.1 Å². The number of hydrogen-bond acceptors (Lipinski definition) is 4. The summed E-state index contributed by atoms with van der Waals surface area (Å²) in [4.78, 5) is 13.3. The number of benzene rings is 2. The molecule has 0 aliphatic carbocycles. The number of pyridine rings is 1. The minimum Gasteiger partial charge on any atom is -0.506 e. The van der Waals surface area contributed by atoms with E-state index in [0.717, 1.165) is 67.6 Å². The van der Waals surface area contributed by atoms with Crippen molar-refractivity contribution in [3.63, 3.8) is 0 Å². The van der Waals surface area contributed by atoms with E-state index in [1.165, 1.54) is 11.1 Å². The van der Waals surface area contributed by atoms with E-state index in [9.17, 15) is 5.11 Å². The van der Waals surface area contributed by atoms with E-state index in [2.05, 4.69) is 46.4 Å². The van der Waals surface area contributed by atoms with Gasteiger partial charge in [0.1, 0.15) is 11.6 Å². The van der Waals surface area contributed by atoms with Gasteiger partial charge >= 0.3 is 0 Å². The fourth-order valence-electron chi connectivity index (χ4n) is 3.93. The molecule has 33 heavy (non-hydrogen) atoms. The van der Waals surface area contributed by atoms with Crippen molar-refractivity contribution in [3.05, 3.63) is 107 Å². The SMILES string of the molecule is Oc1ccc(CCCc2nccc(-c3cccc(CCCCc4ccncc4)c3)n2)cc1Cl. The van der Waals surface area contributed by atoms with Crippen molar-refractivity contribution in [2.45, 2.75) is 44.9 Å². The third-order valence-electron chi connectivity index (χ3n) is 5.74. The zero-order chi connectivity index (χ0) is 22.9. The summed E-state index contributed by atoms with van der Waals surface area (Å²) in [5.74, 6) is 0.965. The number of rotatable bonds is 10. The Balaban J connectivity index is 1.31. The molecule has 0 bridgehead atoms. The van der Waals surface area contributed by atoms with Gasteiger partial charge in [-0.1, -0.05) is 35.9 Å². The Labute approximate surface area is 200 Å². The maximum atomic E-state index is 9.56. The summed E-state index contributed by atoms with van der Waals surface area (Å²) >= 11 is 6.00. The molecule has 2 heterocycles. The molecular formula is C28H28ClN3O. The van der Waals surface area contributed by atoms with Crippen molar-refractivity contribution in [2.75, 3.05) is 0 Å². The molecule has 0 saturated heterocycles. The summed E-state index contributed by atoms with van der Waals surface area (Å²) in [6, 6.07) is 20.2. The third-order valence-corrected chi connectivity index (χ3v) is 6.04. The Morgan fingerprint density at radius 2 is 1.45 bits per heavy atom. The Hall–Kier alpha value is -3.24. The summed E-state index contributed by atoms with van der Waals surface area (Å²) < 4.78 is 0. The minimum absolute atomic E-state index is 0.118. The lowest BCUT2D eigenvalue weighted by atomic mass is 10.0. The smallest absolute Gasteiger partial charge is 0.134 e. The number of halogens is 1. The van der Waals surface area contributed by atoms with Crippen molar-refractivity contribution < 1.29 is 5.11 Å². The van der Waals surface area contributed by atoms with E-state index >= 15 is 0 Å². The summed E-state index contributed by atoms with van der Waals surface area (Å²) in [6.07, 6.45) is 12.6. The van der Waals surface area contributed by atoms with E-state index in [4.69, 9.17) is 16.6 Å². The van der Waals surface area contributed by atoms with Crippen LogP contribution in [0.5, 0.6) is 5.75 Å². The number of aryl methyl sites for hydroxylation is 4. The Morgan fingerprint density at radius 3 is 2.27 bits per heavy atom. The maximum Gasteiger partial charge on any atom is 0.134 e. The molecule has 2 aromatic heterocycles. The summed E-state index contributed by atoms with van der Waals surface area (Å²) in [5, 5.41) is 9.95. The molecule has 4 rings (SSSR count). The van der Waals surface area contributed by atoms with Gasteiger partial charge in [-0.2, -0.15) is 0 Å². The second-order valence-corrected chi connectivity index (χ2v) is 8.67. The predicted molar refractivity (Wildman–Crippen MR) is 133 cm³/mol. The highest BCUT2D eigenvalue weighted by Gasteiger charge is 2.06. The lowest BCUT2D eigenvalue weighted by molar-refractivity contribution is 0.475. The molecule has 0 aliphatic heterocycles. The predicted octanol–water partition coefficient (Wildman–Crippen LogP) is 6.64. The third kappa shape index (κ3) is 6.87. The van der Waals surface area contributed by atoms with Crippen LogP contribution >= 0.6 is 11.6 Å². The summed E-state index contributed by atoms with van der Waals surface area (Å²) in [7, 11) is 0. The molecule has 2 aromatic carbocycles. The van der Waals surface area contributed by atoms with E-state index in [1.54, 1.807) is 6.07 Å². The van der Waals surface area contributed by atoms with Gasteiger partial charge < -0.3 is 5.11 Å². The van der Waals surface area contributed by atoms with Crippen molar-refractivity contribution >= 4 is 11.6 Å². The fourth-order valence-corrected chi connectivity index (χ4v) is 4.13. The minimum atomic E-state index is 0.118. The van der Waals surface area contributed by atoms with Crippen LogP contribution in [0.15, 0.2) is 79.3 Å². The fraction of sp³-hybridized carbons (Fsp3) is 0.250. The Morgan fingerprint density at radius 1 is 0.697 bits per heavy atom. The number of aromatic hydroxyl groups is 1. The van der Waals surface area contributed by atoms with Crippen molar-refractivity contribution in [2.24, 2.45) is 0 Å². The average molecular weight is 458 g/mol. The first-order valence-corrected chi connectivity index (χ1v) is 11.8. The van der Waals surface area contributed by atoms with Gasteiger partial charge in [-0.25, -0.2) is 9.97 Å². The number of phenolic OH excluding ortho intramolecular Hbond substituents is 1. The normalized spacial score (nSPS) is 10.9. The Bertz CT molecular complexity index is 1180. The second-order valence-electron chi connectivity index (χ2n) is 8.26. The monoisotopic (exact) mass is 457 g/mol. The first kappa shape index (κ1) is 22.9. The highest BCUT2D eigenvalue weighted by atomic mass is 35.5. The van der Waals surface area contributed by atoms with Crippen LogP contribution in [0.25, 0.3) is 11.3 Å². The van der Waals surface area contributed by atoms with Gasteiger partial charge in [-0.15, -0.1) is 0 Å². The van der Waals surface area contributed by atoms with Gasteiger partial charge in [0.25, 0.3) is 0 Å². The molecule has 0 atom stereocenters. The van der Waals surface area contributed by atoms with Crippen LogP contribution in [0.1, 0.15) is 41.8 Å². The molecule has 0 spiro atoms. The first-order valence-electron chi connectivity index (χ1n) is 11.4. The highest BCUT2D eigenvalue weighted by molar-refractivity contribution is 6.32. The molecule has 4 aromatic rings. The first-order chi connectivity index (χ1) is 16.2. The van der Waals surface area contributed by atoms with Gasteiger partial charge in [0.05, 0.1) is 10.7 Å². The second kappa shape index (κ2) is 11.6. The van der Waals surface area contributed by atoms with Crippen LogP contribution in [0, 0.1) is 0 Å². The van der Waals surface area contributed by atoms with Gasteiger partial charge in [0.2, 0.25) is 0 Å². The molecular weight excluding hydrogens is 430 g/mol. The number of nitrogens with zero attached hydrogens (tertiary/aromatic N) is 3. The molecule has 1 N–H and O–H groups in total. The highest BCUT2D eigenvalue weighted by Crippen LogP contribution is 2.24. The maximum absolute atomic E-state index is 9.56. The topological polar surface area (TPSA) is 58.9 Å². The van der Waals surface area contributed by atoms with Gasteiger partial charge in [-0.3, -0.25) is 4.98 Å². The van der Waals surface area contributed by atoms with E-state index < -0.39 is 0 Å². The molecule has 0 amide bonds. The molecule has 4 nitrogen and oxygen atoms in total. The van der Waals surface area contributed by atoms with Crippen LogP contribution in [0.2, 0.25) is 5.02 Å². The standard InChI is InChI=1S/C28H28ClN3O/c29-25-20-23(11-12-27(25)33)8-4-10-28-31-18-15-26(32-28)24-9-3-7-22(19-24)6-2-1-5-21-13-16-30-17-14-21/h3,7,9,11-20,33H,1-2,4-6,8,10H2. The zero-order valence-corrected chi connectivity index (χ0v) is 19.4. The quantitative estimate of drug-likeness (QED) is 0.271. The van der Waals surface area contributed by atoms with Crippen LogP contribution in [0.4, 0.5) is 0 Å². The van der Waals surface area contributed by atoms with E-state index in [1.807, 2.05) is 36.8 Å². The molecule has 0 aliphatic rings. The lowest BCUT2D eigenvalue weighted by Gasteiger charge is -2.07. The molecule has 168 valence electrons. The number of phenols is 1. The molecule has 0 saturated carbocycles. The van der Waals surface area contributed by atoms with Gasteiger partial charge in [-0.05, 0) is 91.6 Å². The molecule has 0 radical (unpaired) electrons. The summed E-state index contributed by atoms with van der Waals surface area (Å²) in [5.41, 5.74) is 5.89. The van der Waals surface area contributed by atoms with Gasteiger partial charge in [0.15, 0.2) is 0 Å². The molecule has 0 fully saturated rings. The average Bonchev–Trinajstić information content (AvgIpc) is 2.85. The van der Waals surface area contributed by atoms with E-state index in [0.29, 0.717) is 5.02 Å². The van der Waals surface area contributed by atoms with Gasteiger partial charge in [0, 0.05) is 30.6 Å². The van der Waals surface area contributed by atoms with Crippen molar-refractivity contribution in [1.82, 2.24) is 15.0 Å². The zero-order valence-electron chi connectivity index (χ0n) is 18.6. The van der Waals surface area contributed by atoms with Crippen LogP contribution < -0.4 is 0 Å². The van der Waals surface area contributed by atoms with Crippen LogP contribution in [-0.2, 0) is 25.7 Å². The molecule has 0 unspecified atom stereocenters. The lowest BCUT2D eigenvalue weighted by Crippen LogP contribution is -1.98. The largest absolute Gasteiger partial charge is 0.506 e.